The molecular weight excluding hydrogens is 224 g/mol. The van der Waals surface area contributed by atoms with Gasteiger partial charge in [-0.2, -0.15) is 0 Å². The van der Waals surface area contributed by atoms with Gasteiger partial charge >= 0.3 is 0 Å². The summed E-state index contributed by atoms with van der Waals surface area (Å²) in [6, 6.07) is 0. The van der Waals surface area contributed by atoms with Crippen molar-refractivity contribution in [3.05, 3.63) is 47.9 Å². The number of Topliss-reactive ketones (excluding diaryl/α,β-unsaturated/α-hetero) is 1. The fourth-order valence-electron chi connectivity index (χ4n) is 1.68. The van der Waals surface area contributed by atoms with E-state index in [4.69, 9.17) is 0 Å². The second-order valence-corrected chi connectivity index (χ2v) is 4.82. The Balaban J connectivity index is 2.67. The maximum Gasteiger partial charge on any atom is 0.185 e. The lowest BCUT2D eigenvalue weighted by molar-refractivity contribution is -0.111. The molecule has 18 heavy (non-hydrogen) atoms. The van der Waals surface area contributed by atoms with Crippen LogP contribution >= 0.6 is 0 Å². The summed E-state index contributed by atoms with van der Waals surface area (Å²) < 4.78 is 0. The van der Waals surface area contributed by atoms with Crippen molar-refractivity contribution < 1.29 is 4.79 Å². The van der Waals surface area contributed by atoms with Gasteiger partial charge in [0, 0.05) is 39.3 Å². The van der Waals surface area contributed by atoms with Crippen molar-refractivity contribution in [3.63, 3.8) is 0 Å². The van der Waals surface area contributed by atoms with E-state index >= 15 is 0 Å². The molecule has 0 atom stereocenters. The van der Waals surface area contributed by atoms with Crippen molar-refractivity contribution in [2.45, 2.75) is 12.8 Å². The summed E-state index contributed by atoms with van der Waals surface area (Å²) >= 11 is 0. The molecule has 0 aromatic heterocycles. The molecule has 0 radical (unpaired) electrons. The fraction of sp³-hybridized carbons (Fsp3) is 0.400. The fourth-order valence-corrected chi connectivity index (χ4v) is 1.68. The van der Waals surface area contributed by atoms with Gasteiger partial charge in [0.05, 0.1) is 0 Å². The third kappa shape index (κ3) is 4.62. The number of allylic oxidation sites excluding steroid dienone is 6. The molecule has 0 aliphatic heterocycles. The molecule has 0 aromatic carbocycles. The standard InChI is InChI=1S/C15H22N2O/c1-16(2)11-5-7-13-9-10-14(15(13)18)8-6-12-17(3)4/h5-8,11-12H,9-10H2,1-4H3/b11-5+,12-6?,13-7+,14-8?. The minimum Gasteiger partial charge on any atom is -0.383 e. The van der Waals surface area contributed by atoms with Gasteiger partial charge in [-0.05, 0) is 37.4 Å². The van der Waals surface area contributed by atoms with Crippen LogP contribution in [0.4, 0.5) is 0 Å². The first-order valence-electron chi connectivity index (χ1n) is 6.13. The van der Waals surface area contributed by atoms with E-state index in [0.717, 1.165) is 24.0 Å². The molecule has 0 aromatic rings. The molecule has 3 heteroatoms. The number of ketones is 1. The van der Waals surface area contributed by atoms with E-state index in [1.807, 2.05) is 74.7 Å². The number of hydrogen-bond acceptors (Lipinski definition) is 3. The highest BCUT2D eigenvalue weighted by atomic mass is 16.1. The molecule has 98 valence electrons. The predicted octanol–water partition coefficient (Wildman–Crippen LogP) is 2.35. The van der Waals surface area contributed by atoms with Gasteiger partial charge < -0.3 is 9.80 Å². The van der Waals surface area contributed by atoms with Crippen LogP contribution in [0.15, 0.2) is 47.9 Å². The lowest BCUT2D eigenvalue weighted by atomic mass is 10.1. The number of nitrogens with zero attached hydrogens (tertiary/aromatic N) is 2. The van der Waals surface area contributed by atoms with Gasteiger partial charge in [0.2, 0.25) is 0 Å². The highest BCUT2D eigenvalue weighted by molar-refractivity contribution is 6.10. The van der Waals surface area contributed by atoms with E-state index in [9.17, 15) is 4.79 Å². The Hall–Kier alpha value is -1.77. The van der Waals surface area contributed by atoms with Crippen molar-refractivity contribution in [2.75, 3.05) is 28.2 Å². The van der Waals surface area contributed by atoms with Crippen LogP contribution in [0.5, 0.6) is 0 Å². The van der Waals surface area contributed by atoms with Crippen molar-refractivity contribution in [2.24, 2.45) is 0 Å². The summed E-state index contributed by atoms with van der Waals surface area (Å²) in [5, 5.41) is 0. The average Bonchev–Trinajstić information content (AvgIpc) is 2.60. The molecule has 0 spiro atoms. The maximum absolute atomic E-state index is 12.0. The topological polar surface area (TPSA) is 23.6 Å². The smallest absolute Gasteiger partial charge is 0.185 e. The van der Waals surface area contributed by atoms with Gasteiger partial charge in [-0.3, -0.25) is 4.79 Å². The normalized spacial score (nSPS) is 20.8. The van der Waals surface area contributed by atoms with Crippen LogP contribution < -0.4 is 0 Å². The molecule has 0 heterocycles. The predicted molar refractivity (Wildman–Crippen MR) is 76.1 cm³/mol. The quantitative estimate of drug-likeness (QED) is 0.711. The van der Waals surface area contributed by atoms with E-state index in [1.54, 1.807) is 0 Å². The zero-order valence-corrected chi connectivity index (χ0v) is 11.7. The monoisotopic (exact) mass is 246 g/mol. The molecular formula is C15H22N2O. The molecule has 0 unspecified atom stereocenters. The highest BCUT2D eigenvalue weighted by Crippen LogP contribution is 2.26. The molecule has 0 N–H and O–H groups in total. The van der Waals surface area contributed by atoms with E-state index < -0.39 is 0 Å². The lowest BCUT2D eigenvalue weighted by Gasteiger charge is -2.01. The molecule has 1 rings (SSSR count). The van der Waals surface area contributed by atoms with Gasteiger partial charge in [-0.15, -0.1) is 0 Å². The van der Waals surface area contributed by atoms with Gasteiger partial charge in [0.1, 0.15) is 0 Å². The SMILES string of the molecule is CN(C)C=CC=C1CC/C(=C\C=C\N(C)C)C1=O. The first-order chi connectivity index (χ1) is 8.50. The Bertz CT molecular complexity index is 374. The van der Waals surface area contributed by atoms with Crippen LogP contribution in [0.3, 0.4) is 0 Å². The Morgan fingerprint density at radius 3 is 1.56 bits per heavy atom. The molecule has 0 bridgehead atoms. The lowest BCUT2D eigenvalue weighted by Crippen LogP contribution is -2.00. The van der Waals surface area contributed by atoms with Gasteiger partial charge in [-0.1, -0.05) is 12.2 Å². The molecule has 0 amide bonds. The van der Waals surface area contributed by atoms with Crippen LogP contribution in [0.2, 0.25) is 0 Å². The van der Waals surface area contributed by atoms with Crippen LogP contribution in [-0.2, 0) is 4.79 Å². The molecule has 1 aliphatic carbocycles. The summed E-state index contributed by atoms with van der Waals surface area (Å²) in [5.74, 6) is 0.182. The Kier molecular flexibility index (Phi) is 5.43. The van der Waals surface area contributed by atoms with E-state index in [-0.39, 0.29) is 5.78 Å². The molecule has 1 aliphatic rings. The summed E-state index contributed by atoms with van der Waals surface area (Å²) in [4.78, 5) is 15.9. The molecule has 3 nitrogen and oxygen atoms in total. The minimum absolute atomic E-state index is 0.182. The van der Waals surface area contributed by atoms with E-state index in [0.29, 0.717) is 0 Å². The Labute approximate surface area is 110 Å². The number of carbonyl (C=O) groups is 1. The van der Waals surface area contributed by atoms with E-state index in [1.165, 1.54) is 0 Å². The minimum atomic E-state index is 0.182. The summed E-state index contributed by atoms with van der Waals surface area (Å²) in [6.07, 6.45) is 13.2. The number of hydrogen-bond donors (Lipinski definition) is 0. The molecule has 0 saturated heterocycles. The second-order valence-electron chi connectivity index (χ2n) is 4.82. The second kappa shape index (κ2) is 6.84. The van der Waals surface area contributed by atoms with Crippen LogP contribution in [0.1, 0.15) is 12.8 Å². The van der Waals surface area contributed by atoms with E-state index in [2.05, 4.69) is 0 Å². The molecule has 1 fully saturated rings. The zero-order chi connectivity index (χ0) is 13.5. The third-order valence-corrected chi connectivity index (χ3v) is 2.61. The van der Waals surface area contributed by atoms with Gasteiger partial charge in [-0.25, -0.2) is 0 Å². The van der Waals surface area contributed by atoms with Crippen LogP contribution in [-0.4, -0.2) is 43.8 Å². The zero-order valence-electron chi connectivity index (χ0n) is 11.7. The maximum atomic E-state index is 12.0. The Morgan fingerprint density at radius 1 is 0.833 bits per heavy atom. The van der Waals surface area contributed by atoms with Gasteiger partial charge in [0.25, 0.3) is 0 Å². The van der Waals surface area contributed by atoms with Crippen LogP contribution in [0, 0.1) is 0 Å². The largest absolute Gasteiger partial charge is 0.383 e. The number of carbonyl (C=O) groups excluding carboxylic acids is 1. The first-order valence-corrected chi connectivity index (χ1v) is 6.13. The summed E-state index contributed by atoms with van der Waals surface area (Å²) in [6.45, 7) is 0. The van der Waals surface area contributed by atoms with Crippen LogP contribution in [0.25, 0.3) is 0 Å². The average molecular weight is 246 g/mol. The van der Waals surface area contributed by atoms with Gasteiger partial charge in [0.15, 0.2) is 5.78 Å². The molecule has 1 saturated carbocycles. The van der Waals surface area contributed by atoms with Crippen molar-refractivity contribution in [3.8, 4) is 0 Å². The summed E-state index contributed by atoms with van der Waals surface area (Å²) in [7, 11) is 7.84. The number of rotatable bonds is 4. The van der Waals surface area contributed by atoms with Crippen molar-refractivity contribution in [1.29, 1.82) is 0 Å². The Morgan fingerprint density at radius 2 is 1.22 bits per heavy atom. The third-order valence-electron chi connectivity index (χ3n) is 2.61. The van der Waals surface area contributed by atoms with Crippen molar-refractivity contribution >= 4 is 5.78 Å². The van der Waals surface area contributed by atoms with Crippen molar-refractivity contribution in [1.82, 2.24) is 9.80 Å². The summed E-state index contributed by atoms with van der Waals surface area (Å²) in [5.41, 5.74) is 1.80. The first kappa shape index (κ1) is 14.3. The highest BCUT2D eigenvalue weighted by Gasteiger charge is 2.21.